The highest BCUT2D eigenvalue weighted by molar-refractivity contribution is 5.43. The minimum atomic E-state index is -0.212. The van der Waals surface area contributed by atoms with Crippen molar-refractivity contribution in [2.45, 2.75) is 44.6 Å². The second kappa shape index (κ2) is 6.70. The summed E-state index contributed by atoms with van der Waals surface area (Å²) in [4.78, 5) is 4.55. The van der Waals surface area contributed by atoms with Gasteiger partial charge in [0.1, 0.15) is 5.82 Å². The summed E-state index contributed by atoms with van der Waals surface area (Å²) in [6.45, 7) is 0.663. The number of aromatic nitrogens is 1. The van der Waals surface area contributed by atoms with Gasteiger partial charge in [0.15, 0.2) is 0 Å². The van der Waals surface area contributed by atoms with Crippen LogP contribution in [0.25, 0.3) is 0 Å². The van der Waals surface area contributed by atoms with Gasteiger partial charge in [-0.05, 0) is 54.7 Å². The Kier molecular flexibility index (Phi) is 4.49. The standard InChI is InChI=1S/C18H21FN2/c19-16-7-10-17(11-8-16)21-13-18-9-6-15(12-20-18)14-4-2-1-3-5-14/h6-12,14,21H,1-5,13H2. The van der Waals surface area contributed by atoms with Crippen LogP contribution >= 0.6 is 0 Å². The van der Waals surface area contributed by atoms with Gasteiger partial charge in [-0.25, -0.2) is 4.39 Å². The zero-order chi connectivity index (χ0) is 14.5. The van der Waals surface area contributed by atoms with Gasteiger partial charge in [0, 0.05) is 11.9 Å². The number of nitrogens with zero attached hydrogens (tertiary/aromatic N) is 1. The average molecular weight is 284 g/mol. The molecule has 0 radical (unpaired) electrons. The minimum absolute atomic E-state index is 0.212. The molecular weight excluding hydrogens is 263 g/mol. The molecule has 0 unspecified atom stereocenters. The summed E-state index contributed by atoms with van der Waals surface area (Å²) in [7, 11) is 0. The largest absolute Gasteiger partial charge is 0.379 e. The predicted molar refractivity (Wildman–Crippen MR) is 83.8 cm³/mol. The molecule has 0 saturated heterocycles. The van der Waals surface area contributed by atoms with Crippen LogP contribution in [-0.2, 0) is 6.54 Å². The molecule has 1 aliphatic rings. The molecule has 21 heavy (non-hydrogen) atoms. The van der Waals surface area contributed by atoms with Crippen molar-refractivity contribution in [1.82, 2.24) is 4.98 Å². The number of hydrogen-bond acceptors (Lipinski definition) is 2. The maximum absolute atomic E-state index is 12.8. The van der Waals surface area contributed by atoms with E-state index in [1.807, 2.05) is 6.20 Å². The number of nitrogens with one attached hydrogen (secondary N) is 1. The van der Waals surface area contributed by atoms with E-state index in [0.29, 0.717) is 12.5 Å². The monoisotopic (exact) mass is 284 g/mol. The molecule has 2 aromatic rings. The third kappa shape index (κ3) is 3.81. The molecule has 0 atom stereocenters. The van der Waals surface area contributed by atoms with Gasteiger partial charge >= 0.3 is 0 Å². The van der Waals surface area contributed by atoms with E-state index in [1.165, 1.54) is 49.8 Å². The first-order valence-electron chi connectivity index (χ1n) is 7.75. The Bertz CT molecular complexity index is 557. The Labute approximate surface area is 125 Å². The van der Waals surface area contributed by atoms with Gasteiger partial charge in [0.05, 0.1) is 12.2 Å². The number of hydrogen-bond donors (Lipinski definition) is 1. The number of rotatable bonds is 4. The molecule has 1 saturated carbocycles. The van der Waals surface area contributed by atoms with Gasteiger partial charge in [0.2, 0.25) is 0 Å². The van der Waals surface area contributed by atoms with Crippen LogP contribution in [-0.4, -0.2) is 4.98 Å². The van der Waals surface area contributed by atoms with Crippen molar-refractivity contribution in [3.63, 3.8) is 0 Å². The third-order valence-corrected chi connectivity index (χ3v) is 4.24. The van der Waals surface area contributed by atoms with Crippen LogP contribution in [0.4, 0.5) is 10.1 Å². The Morgan fingerprint density at radius 3 is 2.43 bits per heavy atom. The lowest BCUT2D eigenvalue weighted by atomic mass is 9.85. The first-order valence-corrected chi connectivity index (χ1v) is 7.75. The van der Waals surface area contributed by atoms with Gasteiger partial charge in [0.25, 0.3) is 0 Å². The number of pyridine rings is 1. The van der Waals surface area contributed by atoms with E-state index in [0.717, 1.165) is 11.4 Å². The molecule has 1 N–H and O–H groups in total. The average Bonchev–Trinajstić information content (AvgIpc) is 2.56. The number of anilines is 1. The van der Waals surface area contributed by atoms with Crippen LogP contribution < -0.4 is 5.32 Å². The summed E-state index contributed by atoms with van der Waals surface area (Å²) in [6, 6.07) is 10.7. The highest BCUT2D eigenvalue weighted by Crippen LogP contribution is 2.32. The zero-order valence-electron chi connectivity index (χ0n) is 12.2. The van der Waals surface area contributed by atoms with E-state index in [9.17, 15) is 4.39 Å². The maximum Gasteiger partial charge on any atom is 0.123 e. The van der Waals surface area contributed by atoms with Crippen molar-refractivity contribution in [2.24, 2.45) is 0 Å². The van der Waals surface area contributed by atoms with Gasteiger partial charge in [-0.2, -0.15) is 0 Å². The van der Waals surface area contributed by atoms with Gasteiger partial charge < -0.3 is 5.32 Å². The summed E-state index contributed by atoms with van der Waals surface area (Å²) < 4.78 is 12.8. The smallest absolute Gasteiger partial charge is 0.123 e. The highest BCUT2D eigenvalue weighted by Gasteiger charge is 2.15. The van der Waals surface area contributed by atoms with Crippen molar-refractivity contribution in [2.75, 3.05) is 5.32 Å². The molecule has 0 spiro atoms. The fourth-order valence-corrected chi connectivity index (χ4v) is 2.98. The summed E-state index contributed by atoms with van der Waals surface area (Å²) in [6.07, 6.45) is 8.70. The molecule has 1 aromatic carbocycles. The Morgan fingerprint density at radius 1 is 1.00 bits per heavy atom. The SMILES string of the molecule is Fc1ccc(NCc2ccc(C3CCCCC3)cn2)cc1. The molecule has 2 nitrogen and oxygen atoms in total. The van der Waals surface area contributed by atoms with Crippen LogP contribution in [0.5, 0.6) is 0 Å². The molecule has 3 heteroatoms. The molecular formula is C18H21FN2. The predicted octanol–water partition coefficient (Wildman–Crippen LogP) is 4.88. The van der Waals surface area contributed by atoms with Crippen LogP contribution in [0.2, 0.25) is 0 Å². The maximum atomic E-state index is 12.8. The van der Waals surface area contributed by atoms with E-state index in [-0.39, 0.29) is 5.82 Å². The van der Waals surface area contributed by atoms with E-state index in [4.69, 9.17) is 0 Å². The topological polar surface area (TPSA) is 24.9 Å². The molecule has 1 heterocycles. The molecule has 0 aliphatic heterocycles. The fourth-order valence-electron chi connectivity index (χ4n) is 2.98. The molecule has 1 aliphatic carbocycles. The summed E-state index contributed by atoms with van der Waals surface area (Å²) >= 11 is 0. The second-order valence-corrected chi connectivity index (χ2v) is 5.78. The van der Waals surface area contributed by atoms with Crippen LogP contribution in [0, 0.1) is 5.82 Å². The van der Waals surface area contributed by atoms with Crippen LogP contribution in [0.15, 0.2) is 42.6 Å². The lowest BCUT2D eigenvalue weighted by Gasteiger charge is -2.21. The first-order chi connectivity index (χ1) is 10.3. The number of halogens is 1. The highest BCUT2D eigenvalue weighted by atomic mass is 19.1. The fraction of sp³-hybridized carbons (Fsp3) is 0.389. The molecule has 110 valence electrons. The molecule has 1 aromatic heterocycles. The van der Waals surface area contributed by atoms with Crippen LogP contribution in [0.3, 0.4) is 0 Å². The quantitative estimate of drug-likeness (QED) is 0.865. The van der Waals surface area contributed by atoms with Gasteiger partial charge in [-0.15, -0.1) is 0 Å². The minimum Gasteiger partial charge on any atom is -0.379 e. The third-order valence-electron chi connectivity index (χ3n) is 4.24. The van der Waals surface area contributed by atoms with Crippen molar-refractivity contribution in [3.8, 4) is 0 Å². The normalized spacial score (nSPS) is 15.9. The first kappa shape index (κ1) is 14.1. The Balaban J connectivity index is 1.57. The summed E-state index contributed by atoms with van der Waals surface area (Å²) in [5.41, 5.74) is 3.30. The molecule has 0 amide bonds. The Hall–Kier alpha value is -1.90. The van der Waals surface area contributed by atoms with E-state index < -0.39 is 0 Å². The summed E-state index contributed by atoms with van der Waals surface area (Å²) in [5.74, 6) is 0.487. The van der Waals surface area contributed by atoms with Gasteiger partial charge in [-0.3, -0.25) is 4.98 Å². The number of benzene rings is 1. The van der Waals surface area contributed by atoms with E-state index in [2.05, 4.69) is 22.4 Å². The van der Waals surface area contributed by atoms with Crippen LogP contribution in [0.1, 0.15) is 49.3 Å². The van der Waals surface area contributed by atoms with Crippen molar-refractivity contribution >= 4 is 5.69 Å². The zero-order valence-corrected chi connectivity index (χ0v) is 12.2. The van der Waals surface area contributed by atoms with Crippen molar-refractivity contribution < 1.29 is 4.39 Å². The van der Waals surface area contributed by atoms with E-state index >= 15 is 0 Å². The van der Waals surface area contributed by atoms with Crippen molar-refractivity contribution in [3.05, 3.63) is 59.7 Å². The van der Waals surface area contributed by atoms with E-state index in [1.54, 1.807) is 12.1 Å². The van der Waals surface area contributed by atoms with Gasteiger partial charge in [-0.1, -0.05) is 25.3 Å². The summed E-state index contributed by atoms with van der Waals surface area (Å²) in [5, 5.41) is 3.26. The molecule has 1 fully saturated rings. The molecule has 0 bridgehead atoms. The lowest BCUT2D eigenvalue weighted by molar-refractivity contribution is 0.443. The lowest BCUT2D eigenvalue weighted by Crippen LogP contribution is -2.06. The second-order valence-electron chi connectivity index (χ2n) is 5.78. The Morgan fingerprint density at radius 2 is 1.76 bits per heavy atom. The van der Waals surface area contributed by atoms with Crippen molar-refractivity contribution in [1.29, 1.82) is 0 Å². The molecule has 3 rings (SSSR count).